The second-order valence-corrected chi connectivity index (χ2v) is 9.28. The second-order valence-electron chi connectivity index (χ2n) is 9.28. The van der Waals surface area contributed by atoms with Crippen LogP contribution in [0.5, 0.6) is 0 Å². The minimum atomic E-state index is -1.13. The van der Waals surface area contributed by atoms with E-state index in [0.29, 0.717) is 24.2 Å². The lowest BCUT2D eigenvalue weighted by Gasteiger charge is -2.35. The van der Waals surface area contributed by atoms with E-state index in [0.717, 1.165) is 27.7 Å². The lowest BCUT2D eigenvalue weighted by atomic mass is 9.87. The molecule has 2 N–H and O–H groups in total. The molecule has 1 atom stereocenters. The van der Waals surface area contributed by atoms with Crippen molar-refractivity contribution in [2.24, 2.45) is 0 Å². The van der Waals surface area contributed by atoms with Crippen molar-refractivity contribution in [3.63, 3.8) is 0 Å². The van der Waals surface area contributed by atoms with Gasteiger partial charge in [-0.1, -0.05) is 30.3 Å². The number of anilines is 1. The van der Waals surface area contributed by atoms with E-state index in [2.05, 4.69) is 10.3 Å². The van der Waals surface area contributed by atoms with Crippen molar-refractivity contribution in [3.05, 3.63) is 101 Å². The number of aromatic amines is 1. The van der Waals surface area contributed by atoms with E-state index >= 15 is 0 Å². The SMILES string of the molecule is C[C@]12C(=O)N(c3ccc(C(=O)NCc4ccc(F)cc4)cc3)C(=O)N1CCc1c2[nH]c2ccccc12. The molecule has 0 radical (unpaired) electrons. The highest BCUT2D eigenvalue weighted by Crippen LogP contribution is 2.45. The zero-order chi connectivity index (χ0) is 25.0. The summed E-state index contributed by atoms with van der Waals surface area (Å²) < 4.78 is 13.1. The Labute approximate surface area is 206 Å². The lowest BCUT2D eigenvalue weighted by molar-refractivity contribution is -0.125. The molecule has 0 unspecified atom stereocenters. The highest BCUT2D eigenvalue weighted by atomic mass is 19.1. The maximum atomic E-state index is 13.8. The molecule has 2 aliphatic heterocycles. The molecule has 3 aromatic carbocycles. The van der Waals surface area contributed by atoms with Crippen LogP contribution in [0.25, 0.3) is 10.9 Å². The van der Waals surface area contributed by atoms with Crippen molar-refractivity contribution in [1.29, 1.82) is 0 Å². The van der Waals surface area contributed by atoms with E-state index in [-0.39, 0.29) is 30.2 Å². The number of rotatable bonds is 4. The van der Waals surface area contributed by atoms with Crippen LogP contribution >= 0.6 is 0 Å². The van der Waals surface area contributed by atoms with E-state index in [4.69, 9.17) is 0 Å². The highest BCUT2D eigenvalue weighted by molar-refractivity contribution is 6.23. The molecule has 1 fully saturated rings. The first kappa shape index (κ1) is 22.0. The van der Waals surface area contributed by atoms with Crippen molar-refractivity contribution in [1.82, 2.24) is 15.2 Å². The summed E-state index contributed by atoms with van der Waals surface area (Å²) in [5.41, 5.74) is 3.22. The van der Waals surface area contributed by atoms with E-state index < -0.39 is 5.54 Å². The molecule has 0 saturated carbocycles. The molecule has 2 aliphatic rings. The molecule has 4 aromatic rings. The number of carbonyl (C=O) groups is 3. The van der Waals surface area contributed by atoms with Gasteiger partial charge in [-0.3, -0.25) is 9.59 Å². The Morgan fingerprint density at radius 3 is 2.50 bits per heavy atom. The minimum Gasteiger partial charge on any atom is -0.356 e. The molecule has 3 heterocycles. The van der Waals surface area contributed by atoms with Gasteiger partial charge in [0.15, 0.2) is 5.54 Å². The molecule has 4 amide bonds. The zero-order valence-electron chi connectivity index (χ0n) is 19.5. The number of urea groups is 1. The number of hydrogen-bond acceptors (Lipinski definition) is 3. The number of benzene rings is 3. The van der Waals surface area contributed by atoms with Crippen molar-refractivity contribution >= 4 is 34.4 Å². The maximum Gasteiger partial charge on any atom is 0.332 e. The maximum absolute atomic E-state index is 13.8. The number of fused-ring (bicyclic) bond motifs is 5. The molecule has 0 spiro atoms. The summed E-state index contributed by atoms with van der Waals surface area (Å²) in [4.78, 5) is 45.9. The van der Waals surface area contributed by atoms with Crippen LogP contribution in [0, 0.1) is 5.82 Å². The van der Waals surface area contributed by atoms with Gasteiger partial charge in [0, 0.05) is 29.6 Å². The van der Waals surface area contributed by atoms with Crippen molar-refractivity contribution in [2.75, 3.05) is 11.4 Å². The summed E-state index contributed by atoms with van der Waals surface area (Å²) in [5.74, 6) is -0.969. The molecular formula is C28H23FN4O3. The average molecular weight is 483 g/mol. The Kier molecular flexibility index (Phi) is 4.93. The van der Waals surface area contributed by atoms with Gasteiger partial charge in [0.1, 0.15) is 5.82 Å². The topological polar surface area (TPSA) is 85.5 Å². The van der Waals surface area contributed by atoms with E-state index in [1.807, 2.05) is 24.3 Å². The number of carbonyl (C=O) groups excluding carboxylic acids is 3. The summed E-state index contributed by atoms with van der Waals surface area (Å²) in [6, 6.07) is 19.8. The number of amides is 4. The van der Waals surface area contributed by atoms with Crippen LogP contribution in [0.15, 0.2) is 72.8 Å². The first-order valence-electron chi connectivity index (χ1n) is 11.8. The summed E-state index contributed by atoms with van der Waals surface area (Å²) in [6.07, 6.45) is 0.662. The van der Waals surface area contributed by atoms with E-state index in [9.17, 15) is 18.8 Å². The van der Waals surface area contributed by atoms with Crippen molar-refractivity contribution in [3.8, 4) is 0 Å². The predicted octanol–water partition coefficient (Wildman–Crippen LogP) is 4.48. The highest BCUT2D eigenvalue weighted by Gasteiger charge is 2.59. The Morgan fingerprint density at radius 2 is 1.75 bits per heavy atom. The third-order valence-corrected chi connectivity index (χ3v) is 7.22. The van der Waals surface area contributed by atoms with Crippen LogP contribution in [0.1, 0.15) is 34.1 Å². The summed E-state index contributed by atoms with van der Waals surface area (Å²) in [6.45, 7) is 2.48. The smallest absolute Gasteiger partial charge is 0.332 e. The predicted molar refractivity (Wildman–Crippen MR) is 133 cm³/mol. The number of nitrogens with zero attached hydrogens (tertiary/aromatic N) is 2. The third-order valence-electron chi connectivity index (χ3n) is 7.22. The summed E-state index contributed by atoms with van der Waals surface area (Å²) in [5, 5.41) is 3.86. The lowest BCUT2D eigenvalue weighted by Crippen LogP contribution is -2.49. The molecule has 6 rings (SSSR count). The zero-order valence-corrected chi connectivity index (χ0v) is 19.5. The van der Waals surface area contributed by atoms with Gasteiger partial charge >= 0.3 is 6.03 Å². The van der Waals surface area contributed by atoms with Crippen molar-refractivity contribution < 1.29 is 18.8 Å². The van der Waals surface area contributed by atoms with Crippen LogP contribution in [-0.2, 0) is 23.3 Å². The fraction of sp³-hybridized carbons (Fsp3) is 0.179. The fourth-order valence-electron chi connectivity index (χ4n) is 5.27. The van der Waals surface area contributed by atoms with Crippen molar-refractivity contribution in [2.45, 2.75) is 25.4 Å². The number of nitrogens with one attached hydrogen (secondary N) is 2. The molecular weight excluding hydrogens is 459 g/mol. The number of imide groups is 1. The molecule has 0 aliphatic carbocycles. The van der Waals surface area contributed by atoms with E-state index in [1.54, 1.807) is 48.2 Å². The van der Waals surface area contributed by atoms with Crippen LogP contribution in [0.3, 0.4) is 0 Å². The first-order chi connectivity index (χ1) is 17.4. The van der Waals surface area contributed by atoms with Gasteiger partial charge in [0.05, 0.1) is 11.4 Å². The Morgan fingerprint density at radius 1 is 1.03 bits per heavy atom. The molecule has 180 valence electrons. The minimum absolute atomic E-state index is 0.254. The average Bonchev–Trinajstić information content (AvgIpc) is 3.37. The van der Waals surface area contributed by atoms with Crippen LogP contribution < -0.4 is 10.2 Å². The quantitative estimate of drug-likeness (QED) is 0.421. The van der Waals surface area contributed by atoms with Gasteiger partial charge < -0.3 is 15.2 Å². The largest absolute Gasteiger partial charge is 0.356 e. The number of H-pyrrole nitrogens is 1. The number of aromatic nitrogens is 1. The molecule has 1 aromatic heterocycles. The van der Waals surface area contributed by atoms with Gasteiger partial charge in [-0.15, -0.1) is 0 Å². The number of halogens is 1. The van der Waals surface area contributed by atoms with Gasteiger partial charge in [-0.25, -0.2) is 14.1 Å². The number of para-hydroxylation sites is 1. The fourth-order valence-corrected chi connectivity index (χ4v) is 5.27. The molecule has 36 heavy (non-hydrogen) atoms. The Balaban J connectivity index is 1.25. The van der Waals surface area contributed by atoms with Gasteiger partial charge in [-0.2, -0.15) is 0 Å². The molecule has 8 heteroatoms. The Hall–Kier alpha value is -4.46. The first-order valence-corrected chi connectivity index (χ1v) is 11.8. The van der Waals surface area contributed by atoms with E-state index in [1.165, 1.54) is 17.0 Å². The monoisotopic (exact) mass is 482 g/mol. The molecule has 1 saturated heterocycles. The van der Waals surface area contributed by atoms with Gasteiger partial charge in [0.2, 0.25) is 0 Å². The van der Waals surface area contributed by atoms with Gasteiger partial charge in [0.25, 0.3) is 11.8 Å². The second kappa shape index (κ2) is 8.05. The van der Waals surface area contributed by atoms with Crippen LogP contribution in [0.4, 0.5) is 14.9 Å². The summed E-state index contributed by atoms with van der Waals surface area (Å²) in [7, 11) is 0. The third kappa shape index (κ3) is 3.21. The normalized spacial score (nSPS) is 18.9. The standard InChI is InChI=1S/C28H23FN4O3/c1-28-24-22(21-4-2-3-5-23(21)31-24)14-15-32(28)27(36)33(26(28)35)20-12-8-18(9-13-20)25(34)30-16-17-6-10-19(29)11-7-17/h2-13,31H,14-16H2,1H3,(H,30,34)/t28-/m0/s1. The van der Waals surface area contributed by atoms with Gasteiger partial charge in [-0.05, 0) is 66.9 Å². The molecule has 7 nitrogen and oxygen atoms in total. The number of hydrogen-bond donors (Lipinski definition) is 2. The van der Waals surface area contributed by atoms with Crippen LogP contribution in [-0.4, -0.2) is 34.3 Å². The summed E-state index contributed by atoms with van der Waals surface area (Å²) >= 11 is 0. The van der Waals surface area contributed by atoms with Crippen LogP contribution in [0.2, 0.25) is 0 Å². The molecule has 0 bridgehead atoms. The Bertz CT molecular complexity index is 1530.